The molecule has 156 valence electrons. The first kappa shape index (κ1) is 21.4. The van der Waals surface area contributed by atoms with Crippen molar-refractivity contribution in [2.45, 2.75) is 13.0 Å². The molecule has 3 rings (SSSR count). The number of benzene rings is 2. The Hall–Kier alpha value is -3.32. The van der Waals surface area contributed by atoms with Crippen LogP contribution < -0.4 is 14.8 Å². The predicted octanol–water partition coefficient (Wildman–Crippen LogP) is 4.47. The van der Waals surface area contributed by atoms with Gasteiger partial charge in [0.15, 0.2) is 6.61 Å². The highest BCUT2D eigenvalue weighted by molar-refractivity contribution is 7.12. The second kappa shape index (κ2) is 9.93. The molecule has 0 aliphatic carbocycles. The van der Waals surface area contributed by atoms with E-state index < -0.39 is 11.9 Å². The first-order valence-corrected chi connectivity index (χ1v) is 10.2. The zero-order chi connectivity index (χ0) is 21.5. The molecular weight excluding hydrogens is 402 g/mol. The summed E-state index contributed by atoms with van der Waals surface area (Å²) in [6, 6.07) is 16.4. The third-order valence-electron chi connectivity index (χ3n) is 4.55. The smallest absolute Gasteiger partial charge is 0.349 e. The fraction of sp³-hybridized carbons (Fsp3) is 0.217. The summed E-state index contributed by atoms with van der Waals surface area (Å²) in [5.74, 6) is 0.361. The lowest BCUT2D eigenvalue weighted by Crippen LogP contribution is -2.31. The van der Waals surface area contributed by atoms with Crippen molar-refractivity contribution in [2.24, 2.45) is 0 Å². The van der Waals surface area contributed by atoms with Crippen molar-refractivity contribution in [3.8, 4) is 22.6 Å². The third kappa shape index (κ3) is 4.99. The van der Waals surface area contributed by atoms with E-state index in [2.05, 4.69) is 5.32 Å². The van der Waals surface area contributed by atoms with E-state index >= 15 is 0 Å². The van der Waals surface area contributed by atoms with Gasteiger partial charge in [-0.3, -0.25) is 4.79 Å². The zero-order valence-electron chi connectivity index (χ0n) is 17.0. The van der Waals surface area contributed by atoms with Crippen molar-refractivity contribution >= 4 is 23.2 Å². The highest BCUT2D eigenvalue weighted by atomic mass is 32.1. The van der Waals surface area contributed by atoms with Crippen LogP contribution in [0.4, 0.5) is 0 Å². The predicted molar refractivity (Wildman–Crippen MR) is 116 cm³/mol. The van der Waals surface area contributed by atoms with Gasteiger partial charge in [-0.25, -0.2) is 4.79 Å². The average Bonchev–Trinajstić information content (AvgIpc) is 3.27. The average molecular weight is 426 g/mol. The van der Waals surface area contributed by atoms with Crippen molar-refractivity contribution in [2.75, 3.05) is 20.8 Å². The number of thiophene rings is 1. The standard InChI is InChI=1S/C23H23NO5S/c1-15(19-13-17(27-2)9-10-20(19)28-3)24-21(25)14-29-23(26)22-18(11-12-30-22)16-7-5-4-6-8-16/h4-13,15H,14H2,1-3H3,(H,24,25). The van der Waals surface area contributed by atoms with E-state index in [0.29, 0.717) is 16.4 Å². The number of hydrogen-bond donors (Lipinski definition) is 1. The molecule has 2 aromatic carbocycles. The van der Waals surface area contributed by atoms with Crippen LogP contribution in [0.2, 0.25) is 0 Å². The minimum absolute atomic E-state index is 0.358. The Kier molecular flexibility index (Phi) is 7.08. The second-order valence-corrected chi connectivity index (χ2v) is 7.42. The van der Waals surface area contributed by atoms with E-state index in [1.165, 1.54) is 11.3 Å². The molecule has 30 heavy (non-hydrogen) atoms. The van der Waals surface area contributed by atoms with E-state index in [0.717, 1.165) is 16.7 Å². The number of esters is 1. The van der Waals surface area contributed by atoms with Crippen LogP contribution in [0.25, 0.3) is 11.1 Å². The minimum Gasteiger partial charge on any atom is -0.497 e. The summed E-state index contributed by atoms with van der Waals surface area (Å²) in [5, 5.41) is 4.65. The molecule has 1 aromatic heterocycles. The molecule has 0 bridgehead atoms. The maximum Gasteiger partial charge on any atom is 0.349 e. The van der Waals surface area contributed by atoms with Gasteiger partial charge in [0.2, 0.25) is 0 Å². The van der Waals surface area contributed by atoms with E-state index in [4.69, 9.17) is 14.2 Å². The van der Waals surface area contributed by atoms with Crippen LogP contribution in [0, 0.1) is 0 Å². The van der Waals surface area contributed by atoms with Crippen LogP contribution >= 0.6 is 11.3 Å². The first-order chi connectivity index (χ1) is 14.5. The molecule has 7 heteroatoms. The Labute approximate surface area is 179 Å². The molecule has 1 unspecified atom stereocenters. The lowest BCUT2D eigenvalue weighted by Gasteiger charge is -2.18. The van der Waals surface area contributed by atoms with Crippen LogP contribution in [-0.4, -0.2) is 32.7 Å². The minimum atomic E-state index is -0.523. The lowest BCUT2D eigenvalue weighted by atomic mass is 10.1. The van der Waals surface area contributed by atoms with Crippen LogP contribution in [0.3, 0.4) is 0 Å². The fourth-order valence-corrected chi connectivity index (χ4v) is 3.86. The topological polar surface area (TPSA) is 73.9 Å². The van der Waals surface area contributed by atoms with Gasteiger partial charge in [-0.05, 0) is 42.1 Å². The molecule has 1 heterocycles. The molecule has 1 amide bonds. The second-order valence-electron chi connectivity index (χ2n) is 6.50. The summed E-state index contributed by atoms with van der Waals surface area (Å²) in [5.41, 5.74) is 2.48. The highest BCUT2D eigenvalue weighted by Gasteiger charge is 2.19. The van der Waals surface area contributed by atoms with Crippen molar-refractivity contribution in [1.29, 1.82) is 0 Å². The third-order valence-corrected chi connectivity index (χ3v) is 5.45. The molecule has 1 atom stereocenters. The number of rotatable bonds is 8. The van der Waals surface area contributed by atoms with E-state index in [1.807, 2.05) is 48.7 Å². The van der Waals surface area contributed by atoms with E-state index in [-0.39, 0.29) is 12.6 Å². The van der Waals surface area contributed by atoms with Crippen molar-refractivity contribution < 1.29 is 23.8 Å². The largest absolute Gasteiger partial charge is 0.497 e. The monoisotopic (exact) mass is 425 g/mol. The molecule has 0 radical (unpaired) electrons. The Morgan fingerprint density at radius 1 is 1.03 bits per heavy atom. The molecule has 3 aromatic rings. The maximum atomic E-state index is 12.5. The number of nitrogens with one attached hydrogen (secondary N) is 1. The van der Waals surface area contributed by atoms with Crippen LogP contribution in [0.15, 0.2) is 60.0 Å². The van der Waals surface area contributed by atoms with Gasteiger partial charge < -0.3 is 19.5 Å². The molecule has 0 aliphatic rings. The van der Waals surface area contributed by atoms with E-state index in [1.54, 1.807) is 32.4 Å². The normalized spacial score (nSPS) is 11.4. The lowest BCUT2D eigenvalue weighted by molar-refractivity contribution is -0.124. The number of methoxy groups -OCH3 is 2. The molecule has 0 saturated heterocycles. The van der Waals surface area contributed by atoms with Crippen LogP contribution in [-0.2, 0) is 9.53 Å². The van der Waals surface area contributed by atoms with Crippen LogP contribution in [0.5, 0.6) is 11.5 Å². The number of ether oxygens (including phenoxy) is 3. The molecule has 1 N–H and O–H groups in total. The molecule has 0 fully saturated rings. The Bertz CT molecular complexity index is 1020. The van der Waals surface area contributed by atoms with Crippen molar-refractivity contribution in [3.63, 3.8) is 0 Å². The highest BCUT2D eigenvalue weighted by Crippen LogP contribution is 2.30. The van der Waals surface area contributed by atoms with Gasteiger partial charge in [0.25, 0.3) is 5.91 Å². The maximum absolute atomic E-state index is 12.5. The summed E-state index contributed by atoms with van der Waals surface area (Å²) in [6.45, 7) is 1.45. The van der Waals surface area contributed by atoms with Crippen molar-refractivity contribution in [1.82, 2.24) is 5.32 Å². The van der Waals surface area contributed by atoms with Gasteiger partial charge in [-0.2, -0.15) is 0 Å². The first-order valence-electron chi connectivity index (χ1n) is 9.34. The van der Waals surface area contributed by atoms with Gasteiger partial charge in [0.1, 0.15) is 16.4 Å². The summed E-state index contributed by atoms with van der Waals surface area (Å²) >= 11 is 1.29. The summed E-state index contributed by atoms with van der Waals surface area (Å²) < 4.78 is 15.9. The fourth-order valence-electron chi connectivity index (χ4n) is 3.05. The number of hydrogen-bond acceptors (Lipinski definition) is 6. The van der Waals surface area contributed by atoms with Gasteiger partial charge in [0.05, 0.1) is 20.3 Å². The summed E-state index contributed by atoms with van der Waals surface area (Å²) in [6.07, 6.45) is 0. The number of carbonyl (C=O) groups excluding carboxylic acids is 2. The SMILES string of the molecule is COc1ccc(OC)c(C(C)NC(=O)COC(=O)c2sccc2-c2ccccc2)c1. The van der Waals surface area contributed by atoms with Gasteiger partial charge in [-0.15, -0.1) is 11.3 Å². The quantitative estimate of drug-likeness (QED) is 0.539. The van der Waals surface area contributed by atoms with Crippen LogP contribution in [0.1, 0.15) is 28.2 Å². The number of carbonyl (C=O) groups is 2. The van der Waals surface area contributed by atoms with Crippen molar-refractivity contribution in [3.05, 3.63) is 70.4 Å². The summed E-state index contributed by atoms with van der Waals surface area (Å²) in [4.78, 5) is 25.3. The molecule has 6 nitrogen and oxygen atoms in total. The summed E-state index contributed by atoms with van der Waals surface area (Å²) in [7, 11) is 3.13. The Morgan fingerprint density at radius 3 is 2.50 bits per heavy atom. The molecular formula is C23H23NO5S. The van der Waals surface area contributed by atoms with Gasteiger partial charge in [0, 0.05) is 11.1 Å². The molecule has 0 aliphatic heterocycles. The number of amides is 1. The van der Waals surface area contributed by atoms with E-state index in [9.17, 15) is 9.59 Å². The Morgan fingerprint density at radius 2 is 1.80 bits per heavy atom. The molecule has 0 saturated carbocycles. The van der Waals surface area contributed by atoms with Gasteiger partial charge in [-0.1, -0.05) is 30.3 Å². The Balaban J connectivity index is 1.62. The zero-order valence-corrected chi connectivity index (χ0v) is 17.8. The van der Waals surface area contributed by atoms with Gasteiger partial charge >= 0.3 is 5.97 Å². The molecule has 0 spiro atoms.